The zero-order chi connectivity index (χ0) is 15.2. The molecule has 1 aromatic rings. The van der Waals surface area contributed by atoms with Gasteiger partial charge in [-0.15, -0.1) is 0 Å². The van der Waals surface area contributed by atoms with Crippen LogP contribution in [0.2, 0.25) is 0 Å². The van der Waals surface area contributed by atoms with Gasteiger partial charge in [0.05, 0.1) is 19.3 Å². The summed E-state index contributed by atoms with van der Waals surface area (Å²) in [5, 5.41) is 2.80. The zero-order valence-electron chi connectivity index (χ0n) is 12.7. The van der Waals surface area contributed by atoms with Crippen molar-refractivity contribution in [1.82, 2.24) is 5.32 Å². The van der Waals surface area contributed by atoms with Crippen LogP contribution in [0.4, 0.5) is 0 Å². The molecule has 0 heterocycles. The number of methoxy groups -OCH3 is 1. The third-order valence-electron chi connectivity index (χ3n) is 3.70. The second-order valence-electron chi connectivity index (χ2n) is 5.52. The van der Waals surface area contributed by atoms with Crippen LogP contribution in [0.15, 0.2) is 18.2 Å². The maximum Gasteiger partial charge on any atom is 0.236 e. The van der Waals surface area contributed by atoms with E-state index in [1.807, 2.05) is 18.2 Å². The maximum atomic E-state index is 11.5. The van der Waals surface area contributed by atoms with Crippen molar-refractivity contribution < 1.29 is 14.3 Å². The van der Waals surface area contributed by atoms with E-state index in [1.165, 1.54) is 12.8 Å². The molecule has 1 atom stereocenters. The fraction of sp³-hybridized carbons (Fsp3) is 0.562. The summed E-state index contributed by atoms with van der Waals surface area (Å²) in [6, 6.07) is 5.22. The van der Waals surface area contributed by atoms with Crippen LogP contribution in [0.5, 0.6) is 11.5 Å². The van der Waals surface area contributed by atoms with E-state index in [4.69, 9.17) is 15.2 Å². The Labute approximate surface area is 125 Å². The van der Waals surface area contributed by atoms with E-state index in [2.05, 4.69) is 5.32 Å². The van der Waals surface area contributed by atoms with Gasteiger partial charge in [-0.05, 0) is 50.3 Å². The Morgan fingerprint density at radius 1 is 1.38 bits per heavy atom. The van der Waals surface area contributed by atoms with E-state index in [1.54, 1.807) is 14.0 Å². The average Bonchev–Trinajstić information content (AvgIpc) is 2.97. The van der Waals surface area contributed by atoms with Crippen molar-refractivity contribution in [2.45, 2.75) is 51.3 Å². The van der Waals surface area contributed by atoms with Crippen LogP contribution >= 0.6 is 0 Å². The number of carbonyl (C=O) groups excluding carboxylic acids is 1. The number of nitrogens with one attached hydrogen (secondary N) is 1. The molecule has 1 fully saturated rings. The Bertz CT molecular complexity index is 482. The Balaban J connectivity index is 2.03. The van der Waals surface area contributed by atoms with E-state index in [-0.39, 0.29) is 12.0 Å². The van der Waals surface area contributed by atoms with Gasteiger partial charge in [0.1, 0.15) is 0 Å². The molecule has 1 amide bonds. The third kappa shape index (κ3) is 4.36. The average molecular weight is 292 g/mol. The van der Waals surface area contributed by atoms with Gasteiger partial charge in [-0.2, -0.15) is 0 Å². The number of carbonyl (C=O) groups is 1. The number of rotatable bonds is 6. The van der Waals surface area contributed by atoms with Gasteiger partial charge in [0.15, 0.2) is 11.5 Å². The molecule has 0 aromatic heterocycles. The molecule has 3 N–H and O–H groups in total. The van der Waals surface area contributed by atoms with Crippen molar-refractivity contribution in [3.8, 4) is 11.5 Å². The predicted octanol–water partition coefficient (Wildman–Crippen LogP) is 1.98. The number of hydrogen-bond donors (Lipinski definition) is 2. The summed E-state index contributed by atoms with van der Waals surface area (Å²) in [6.45, 7) is 2.10. The van der Waals surface area contributed by atoms with Crippen LogP contribution in [-0.2, 0) is 11.3 Å². The lowest BCUT2D eigenvalue weighted by atomic mass is 10.2. The lowest BCUT2D eigenvalue weighted by Crippen LogP contribution is -2.37. The number of amides is 1. The normalized spacial score (nSPS) is 16.5. The summed E-state index contributed by atoms with van der Waals surface area (Å²) in [5.74, 6) is 1.31. The van der Waals surface area contributed by atoms with Gasteiger partial charge in [0.2, 0.25) is 5.91 Å². The van der Waals surface area contributed by atoms with Crippen LogP contribution in [0, 0.1) is 0 Å². The first-order valence-electron chi connectivity index (χ1n) is 7.47. The molecule has 5 nitrogen and oxygen atoms in total. The summed E-state index contributed by atoms with van der Waals surface area (Å²) in [6.07, 6.45) is 4.89. The Kier molecular flexibility index (Phi) is 5.44. The quantitative estimate of drug-likeness (QED) is 0.841. The summed E-state index contributed by atoms with van der Waals surface area (Å²) < 4.78 is 11.4. The van der Waals surface area contributed by atoms with E-state index in [0.29, 0.717) is 6.54 Å². The largest absolute Gasteiger partial charge is 0.493 e. The molecule has 116 valence electrons. The van der Waals surface area contributed by atoms with Gasteiger partial charge in [0, 0.05) is 6.54 Å². The molecule has 2 rings (SSSR count). The third-order valence-corrected chi connectivity index (χ3v) is 3.70. The molecule has 0 saturated heterocycles. The SMILES string of the molecule is COc1ccc(CNC(=O)[C@H](C)N)cc1OC1CCCC1. The minimum absolute atomic E-state index is 0.163. The highest BCUT2D eigenvalue weighted by Crippen LogP contribution is 2.32. The number of hydrogen-bond acceptors (Lipinski definition) is 4. The second kappa shape index (κ2) is 7.31. The predicted molar refractivity (Wildman–Crippen MR) is 81.4 cm³/mol. The summed E-state index contributed by atoms with van der Waals surface area (Å²) >= 11 is 0. The highest BCUT2D eigenvalue weighted by Gasteiger charge is 2.18. The molecule has 1 saturated carbocycles. The topological polar surface area (TPSA) is 73.6 Å². The zero-order valence-corrected chi connectivity index (χ0v) is 12.7. The van der Waals surface area contributed by atoms with Gasteiger partial charge in [0.25, 0.3) is 0 Å². The molecule has 0 aliphatic heterocycles. The van der Waals surface area contributed by atoms with E-state index < -0.39 is 6.04 Å². The summed E-state index contributed by atoms with van der Waals surface area (Å²) in [4.78, 5) is 11.5. The van der Waals surface area contributed by atoms with Gasteiger partial charge >= 0.3 is 0 Å². The number of ether oxygens (including phenoxy) is 2. The minimum Gasteiger partial charge on any atom is -0.493 e. The Morgan fingerprint density at radius 2 is 2.10 bits per heavy atom. The van der Waals surface area contributed by atoms with Crippen LogP contribution in [0.1, 0.15) is 38.2 Å². The van der Waals surface area contributed by atoms with Crippen molar-refractivity contribution >= 4 is 5.91 Å². The van der Waals surface area contributed by atoms with Crippen molar-refractivity contribution in [3.63, 3.8) is 0 Å². The van der Waals surface area contributed by atoms with Crippen molar-refractivity contribution in [3.05, 3.63) is 23.8 Å². The van der Waals surface area contributed by atoms with Crippen molar-refractivity contribution in [2.24, 2.45) is 5.73 Å². The summed E-state index contributed by atoms with van der Waals surface area (Å²) in [5.41, 5.74) is 6.50. The Hall–Kier alpha value is -1.75. The molecule has 0 radical (unpaired) electrons. The van der Waals surface area contributed by atoms with Gasteiger partial charge < -0.3 is 20.5 Å². The van der Waals surface area contributed by atoms with Crippen LogP contribution in [0.25, 0.3) is 0 Å². The van der Waals surface area contributed by atoms with Crippen molar-refractivity contribution in [2.75, 3.05) is 7.11 Å². The minimum atomic E-state index is -0.502. The lowest BCUT2D eigenvalue weighted by molar-refractivity contribution is -0.122. The van der Waals surface area contributed by atoms with Crippen LogP contribution < -0.4 is 20.5 Å². The molecular formula is C16H24N2O3. The fourth-order valence-electron chi connectivity index (χ4n) is 2.46. The molecule has 1 aliphatic rings. The molecule has 0 unspecified atom stereocenters. The Morgan fingerprint density at radius 3 is 2.71 bits per heavy atom. The van der Waals surface area contributed by atoms with E-state index >= 15 is 0 Å². The first-order chi connectivity index (χ1) is 10.1. The van der Waals surface area contributed by atoms with E-state index in [0.717, 1.165) is 29.9 Å². The van der Waals surface area contributed by atoms with Crippen LogP contribution in [-0.4, -0.2) is 25.2 Å². The van der Waals surface area contributed by atoms with Gasteiger partial charge in [-0.25, -0.2) is 0 Å². The fourth-order valence-corrected chi connectivity index (χ4v) is 2.46. The molecule has 0 spiro atoms. The molecule has 5 heteroatoms. The molecule has 1 aliphatic carbocycles. The van der Waals surface area contributed by atoms with Gasteiger partial charge in [-0.3, -0.25) is 4.79 Å². The second-order valence-corrected chi connectivity index (χ2v) is 5.52. The standard InChI is InChI=1S/C16H24N2O3/c1-11(17)16(19)18-10-12-7-8-14(20-2)15(9-12)21-13-5-3-4-6-13/h7-9,11,13H,3-6,10,17H2,1-2H3,(H,18,19)/t11-/m0/s1. The van der Waals surface area contributed by atoms with Crippen LogP contribution in [0.3, 0.4) is 0 Å². The number of nitrogens with two attached hydrogens (primary N) is 1. The number of benzene rings is 1. The first kappa shape index (κ1) is 15.6. The highest BCUT2D eigenvalue weighted by atomic mass is 16.5. The molecule has 21 heavy (non-hydrogen) atoms. The van der Waals surface area contributed by atoms with Crippen molar-refractivity contribution in [1.29, 1.82) is 0 Å². The maximum absolute atomic E-state index is 11.5. The molecule has 1 aromatic carbocycles. The monoisotopic (exact) mass is 292 g/mol. The van der Waals surface area contributed by atoms with E-state index in [9.17, 15) is 4.79 Å². The van der Waals surface area contributed by atoms with Gasteiger partial charge in [-0.1, -0.05) is 6.07 Å². The first-order valence-corrected chi connectivity index (χ1v) is 7.47. The molecule has 0 bridgehead atoms. The smallest absolute Gasteiger partial charge is 0.236 e. The lowest BCUT2D eigenvalue weighted by Gasteiger charge is -2.17. The summed E-state index contributed by atoms with van der Waals surface area (Å²) in [7, 11) is 1.63. The highest BCUT2D eigenvalue weighted by molar-refractivity contribution is 5.80. The molecular weight excluding hydrogens is 268 g/mol.